The van der Waals surface area contributed by atoms with E-state index in [4.69, 9.17) is 0 Å². The summed E-state index contributed by atoms with van der Waals surface area (Å²) >= 11 is 0. The molecule has 3 rings (SSSR count). The van der Waals surface area contributed by atoms with E-state index >= 15 is 0 Å². The Morgan fingerprint density at radius 3 is 2.88 bits per heavy atom. The molecule has 0 spiro atoms. The molecular formula is C18H19N3O3. The number of aryl methyl sites for hydroxylation is 1. The molecular weight excluding hydrogens is 306 g/mol. The molecule has 1 aromatic carbocycles. The standard InChI is InChI=1S/C18H19N3O3/c22-18(11-3-7-14-6-1-2-12-19-14)20-13-5-8-15-16(20)9-4-10-17(15)21(23)24/h1-2,4,6,9-10,12H,3,5,7-8,11,13H2. The highest BCUT2D eigenvalue weighted by molar-refractivity contribution is 5.95. The Kier molecular flexibility index (Phi) is 4.84. The number of nitrogens with zero attached hydrogens (tertiary/aromatic N) is 3. The van der Waals surface area contributed by atoms with Gasteiger partial charge < -0.3 is 4.90 Å². The summed E-state index contributed by atoms with van der Waals surface area (Å²) in [6, 6.07) is 10.7. The zero-order valence-electron chi connectivity index (χ0n) is 13.4. The number of hydrogen-bond donors (Lipinski definition) is 0. The summed E-state index contributed by atoms with van der Waals surface area (Å²) < 4.78 is 0. The zero-order valence-corrected chi connectivity index (χ0v) is 13.4. The number of amides is 1. The SMILES string of the molecule is O=C(CCCc1ccccn1)N1CCCc2c1cccc2[N+](=O)[O-]. The van der Waals surface area contributed by atoms with Gasteiger partial charge in [0.2, 0.25) is 5.91 Å². The van der Waals surface area contributed by atoms with Gasteiger partial charge in [0.05, 0.1) is 16.2 Å². The first-order valence-corrected chi connectivity index (χ1v) is 8.13. The van der Waals surface area contributed by atoms with Crippen LogP contribution >= 0.6 is 0 Å². The van der Waals surface area contributed by atoms with Gasteiger partial charge in [0.15, 0.2) is 0 Å². The highest BCUT2D eigenvalue weighted by Crippen LogP contribution is 2.34. The first-order valence-electron chi connectivity index (χ1n) is 8.13. The third-order valence-electron chi connectivity index (χ3n) is 4.27. The van der Waals surface area contributed by atoms with Crippen molar-refractivity contribution >= 4 is 17.3 Å². The van der Waals surface area contributed by atoms with Crippen LogP contribution < -0.4 is 4.90 Å². The molecule has 0 bridgehead atoms. The molecule has 1 aromatic heterocycles. The lowest BCUT2D eigenvalue weighted by Gasteiger charge is -2.29. The van der Waals surface area contributed by atoms with E-state index < -0.39 is 0 Å². The third kappa shape index (κ3) is 3.42. The number of nitro groups is 1. The topological polar surface area (TPSA) is 76.3 Å². The van der Waals surface area contributed by atoms with E-state index in [1.807, 2.05) is 18.2 Å². The van der Waals surface area contributed by atoms with E-state index in [0.29, 0.717) is 30.6 Å². The number of benzene rings is 1. The zero-order chi connectivity index (χ0) is 16.9. The smallest absolute Gasteiger partial charge is 0.274 e. The fourth-order valence-electron chi connectivity index (χ4n) is 3.14. The van der Waals surface area contributed by atoms with Crippen LogP contribution in [0.4, 0.5) is 11.4 Å². The molecule has 0 aliphatic carbocycles. The average molecular weight is 325 g/mol. The van der Waals surface area contributed by atoms with Crippen LogP contribution in [0.3, 0.4) is 0 Å². The normalized spacial score (nSPS) is 13.4. The Morgan fingerprint density at radius 1 is 1.25 bits per heavy atom. The lowest BCUT2D eigenvalue weighted by atomic mass is 9.99. The van der Waals surface area contributed by atoms with Crippen molar-refractivity contribution in [3.05, 3.63) is 64.0 Å². The number of anilines is 1. The molecule has 2 heterocycles. The summed E-state index contributed by atoms with van der Waals surface area (Å²) in [5, 5.41) is 11.2. The van der Waals surface area contributed by atoms with E-state index in [-0.39, 0.29) is 16.5 Å². The maximum absolute atomic E-state index is 12.6. The first kappa shape index (κ1) is 16.1. The van der Waals surface area contributed by atoms with Crippen molar-refractivity contribution in [3.8, 4) is 0 Å². The molecule has 0 fully saturated rings. The monoisotopic (exact) mass is 325 g/mol. The fraction of sp³-hybridized carbons (Fsp3) is 0.333. The van der Waals surface area contributed by atoms with Crippen LogP contribution in [0.1, 0.15) is 30.5 Å². The molecule has 0 N–H and O–H groups in total. The Balaban J connectivity index is 1.69. The number of fused-ring (bicyclic) bond motifs is 1. The molecule has 1 aliphatic rings. The predicted octanol–water partition coefficient (Wildman–Crippen LogP) is 3.29. The fourth-order valence-corrected chi connectivity index (χ4v) is 3.14. The second-order valence-corrected chi connectivity index (χ2v) is 5.86. The average Bonchev–Trinajstić information content (AvgIpc) is 2.61. The van der Waals surface area contributed by atoms with Gasteiger partial charge in [0.1, 0.15) is 0 Å². The quantitative estimate of drug-likeness (QED) is 0.624. The van der Waals surface area contributed by atoms with E-state index in [1.165, 1.54) is 6.07 Å². The van der Waals surface area contributed by atoms with Gasteiger partial charge in [0, 0.05) is 30.9 Å². The van der Waals surface area contributed by atoms with Gasteiger partial charge in [-0.3, -0.25) is 19.9 Å². The molecule has 2 aromatic rings. The van der Waals surface area contributed by atoms with Gasteiger partial charge in [-0.2, -0.15) is 0 Å². The van der Waals surface area contributed by atoms with Gasteiger partial charge in [0.25, 0.3) is 5.69 Å². The van der Waals surface area contributed by atoms with E-state index in [1.54, 1.807) is 23.2 Å². The van der Waals surface area contributed by atoms with Gasteiger partial charge in [-0.05, 0) is 43.9 Å². The third-order valence-corrected chi connectivity index (χ3v) is 4.27. The van der Waals surface area contributed by atoms with Crippen molar-refractivity contribution in [2.24, 2.45) is 0 Å². The van der Waals surface area contributed by atoms with Crippen molar-refractivity contribution in [1.82, 2.24) is 4.98 Å². The van der Waals surface area contributed by atoms with Gasteiger partial charge in [-0.15, -0.1) is 0 Å². The number of nitro benzene ring substituents is 1. The number of carbonyl (C=O) groups is 1. The van der Waals surface area contributed by atoms with Crippen LogP contribution in [-0.4, -0.2) is 22.4 Å². The number of carbonyl (C=O) groups excluding carboxylic acids is 1. The van der Waals surface area contributed by atoms with Crippen LogP contribution in [0.15, 0.2) is 42.6 Å². The number of hydrogen-bond acceptors (Lipinski definition) is 4. The van der Waals surface area contributed by atoms with Crippen molar-refractivity contribution in [2.75, 3.05) is 11.4 Å². The van der Waals surface area contributed by atoms with Gasteiger partial charge in [-0.25, -0.2) is 0 Å². The molecule has 0 saturated heterocycles. The summed E-state index contributed by atoms with van der Waals surface area (Å²) in [6.07, 6.45) is 5.03. The van der Waals surface area contributed by atoms with Crippen LogP contribution in [0.25, 0.3) is 0 Å². The molecule has 0 radical (unpaired) electrons. The summed E-state index contributed by atoms with van der Waals surface area (Å²) in [4.78, 5) is 29.3. The second-order valence-electron chi connectivity index (χ2n) is 5.86. The Bertz CT molecular complexity index is 746. The van der Waals surface area contributed by atoms with Crippen molar-refractivity contribution in [2.45, 2.75) is 32.1 Å². The van der Waals surface area contributed by atoms with Gasteiger partial charge >= 0.3 is 0 Å². The van der Waals surface area contributed by atoms with Crippen LogP contribution in [0, 0.1) is 10.1 Å². The number of aromatic nitrogens is 1. The lowest BCUT2D eigenvalue weighted by Crippen LogP contribution is -2.35. The van der Waals surface area contributed by atoms with E-state index in [2.05, 4.69) is 4.98 Å². The summed E-state index contributed by atoms with van der Waals surface area (Å²) in [7, 11) is 0. The molecule has 0 unspecified atom stereocenters. The minimum absolute atomic E-state index is 0.0207. The minimum Gasteiger partial charge on any atom is -0.312 e. The van der Waals surface area contributed by atoms with E-state index in [9.17, 15) is 14.9 Å². The summed E-state index contributed by atoms with van der Waals surface area (Å²) in [6.45, 7) is 0.622. The van der Waals surface area contributed by atoms with Crippen molar-refractivity contribution in [3.63, 3.8) is 0 Å². The van der Waals surface area contributed by atoms with Crippen LogP contribution in [0.2, 0.25) is 0 Å². The Morgan fingerprint density at radius 2 is 2.12 bits per heavy atom. The van der Waals surface area contributed by atoms with Crippen LogP contribution in [0.5, 0.6) is 0 Å². The highest BCUT2D eigenvalue weighted by Gasteiger charge is 2.27. The molecule has 0 saturated carbocycles. The minimum atomic E-state index is -0.367. The molecule has 6 nitrogen and oxygen atoms in total. The predicted molar refractivity (Wildman–Crippen MR) is 90.9 cm³/mol. The molecule has 124 valence electrons. The number of pyridine rings is 1. The second kappa shape index (κ2) is 7.21. The molecule has 24 heavy (non-hydrogen) atoms. The van der Waals surface area contributed by atoms with Gasteiger partial charge in [-0.1, -0.05) is 12.1 Å². The Hall–Kier alpha value is -2.76. The number of rotatable bonds is 5. The van der Waals surface area contributed by atoms with Crippen molar-refractivity contribution in [1.29, 1.82) is 0 Å². The molecule has 0 atom stereocenters. The molecule has 1 aliphatic heterocycles. The van der Waals surface area contributed by atoms with Crippen LogP contribution in [-0.2, 0) is 17.6 Å². The molecule has 6 heteroatoms. The maximum Gasteiger partial charge on any atom is 0.274 e. The van der Waals surface area contributed by atoms with Crippen molar-refractivity contribution < 1.29 is 9.72 Å². The first-order chi connectivity index (χ1) is 11.7. The highest BCUT2D eigenvalue weighted by atomic mass is 16.6. The lowest BCUT2D eigenvalue weighted by molar-refractivity contribution is -0.385. The Labute approximate surface area is 140 Å². The summed E-state index contributed by atoms with van der Waals surface area (Å²) in [5.41, 5.74) is 2.45. The maximum atomic E-state index is 12.6. The largest absolute Gasteiger partial charge is 0.312 e. The summed E-state index contributed by atoms with van der Waals surface area (Å²) in [5.74, 6) is 0.0207. The van der Waals surface area contributed by atoms with E-state index in [0.717, 1.165) is 25.0 Å². The molecule has 1 amide bonds.